The second-order valence-corrected chi connectivity index (χ2v) is 5.82. The molecule has 6 heteroatoms. The Kier molecular flexibility index (Phi) is 4.18. The van der Waals surface area contributed by atoms with E-state index >= 15 is 0 Å². The molecule has 1 aliphatic rings. The summed E-state index contributed by atoms with van der Waals surface area (Å²) in [7, 11) is 0. The first-order valence-electron chi connectivity index (χ1n) is 7.70. The van der Waals surface area contributed by atoms with Crippen LogP contribution in [0.4, 0.5) is 0 Å². The Balaban J connectivity index is 1.68. The monoisotopic (exact) mass is 299 g/mol. The van der Waals surface area contributed by atoms with Gasteiger partial charge >= 0.3 is 0 Å². The third kappa shape index (κ3) is 3.16. The number of amides is 1. The van der Waals surface area contributed by atoms with Crippen molar-refractivity contribution in [2.24, 2.45) is 0 Å². The van der Waals surface area contributed by atoms with Gasteiger partial charge in [-0.15, -0.1) is 0 Å². The lowest BCUT2D eigenvalue weighted by Crippen LogP contribution is -2.41. The second kappa shape index (κ2) is 6.25. The van der Waals surface area contributed by atoms with Crippen LogP contribution < -0.4 is 0 Å². The summed E-state index contributed by atoms with van der Waals surface area (Å²) in [6.07, 6.45) is 5.93. The summed E-state index contributed by atoms with van der Waals surface area (Å²) in [6.45, 7) is 5.40. The third-order valence-electron chi connectivity index (χ3n) is 4.08. The fraction of sp³-hybridized carbons (Fsp3) is 0.500. The molecule has 0 bridgehead atoms. The number of nitrogens with zero attached hydrogens (tertiary/aromatic N) is 5. The Morgan fingerprint density at radius 3 is 2.95 bits per heavy atom. The number of hydrogen-bond donors (Lipinski definition) is 0. The highest BCUT2D eigenvalue weighted by Crippen LogP contribution is 2.22. The van der Waals surface area contributed by atoms with Crippen LogP contribution in [-0.2, 0) is 11.2 Å². The molecular formula is C16H21N5O. The lowest BCUT2D eigenvalue weighted by Gasteiger charge is -2.33. The summed E-state index contributed by atoms with van der Waals surface area (Å²) < 4.78 is 1.97. The van der Waals surface area contributed by atoms with Gasteiger partial charge < -0.3 is 4.90 Å². The molecule has 2 aromatic heterocycles. The standard InChI is InChI=1S/C16H21N5O/c1-12-18-13(2)21(19-12)15-6-4-8-20(11-15)16(22)9-14-5-3-7-17-10-14/h3,5,7,10,15H,4,6,8-9,11H2,1-2H3/t15-/m0/s1. The summed E-state index contributed by atoms with van der Waals surface area (Å²) in [6, 6.07) is 4.04. The van der Waals surface area contributed by atoms with E-state index < -0.39 is 0 Å². The van der Waals surface area contributed by atoms with Gasteiger partial charge in [0.1, 0.15) is 11.6 Å². The van der Waals surface area contributed by atoms with Crippen LogP contribution in [0, 0.1) is 13.8 Å². The van der Waals surface area contributed by atoms with E-state index in [1.807, 2.05) is 35.6 Å². The molecule has 116 valence electrons. The minimum Gasteiger partial charge on any atom is -0.340 e. The zero-order valence-electron chi connectivity index (χ0n) is 13.1. The maximum absolute atomic E-state index is 12.5. The van der Waals surface area contributed by atoms with Crippen molar-refractivity contribution in [1.29, 1.82) is 0 Å². The van der Waals surface area contributed by atoms with Crippen molar-refractivity contribution in [2.45, 2.75) is 39.2 Å². The van der Waals surface area contributed by atoms with E-state index in [1.54, 1.807) is 12.4 Å². The lowest BCUT2D eigenvalue weighted by molar-refractivity contribution is -0.132. The number of hydrogen-bond acceptors (Lipinski definition) is 4. The zero-order valence-corrected chi connectivity index (χ0v) is 13.1. The molecule has 3 heterocycles. The molecule has 22 heavy (non-hydrogen) atoms. The van der Waals surface area contributed by atoms with E-state index in [2.05, 4.69) is 15.1 Å². The van der Waals surface area contributed by atoms with Crippen LogP contribution in [0.1, 0.15) is 36.1 Å². The van der Waals surface area contributed by atoms with Crippen molar-refractivity contribution < 1.29 is 4.79 Å². The first-order chi connectivity index (χ1) is 10.6. The van der Waals surface area contributed by atoms with Crippen molar-refractivity contribution in [1.82, 2.24) is 24.6 Å². The molecule has 2 aromatic rings. The molecule has 1 amide bonds. The molecule has 1 atom stereocenters. The van der Waals surface area contributed by atoms with Crippen molar-refractivity contribution in [3.8, 4) is 0 Å². The predicted molar refractivity (Wildman–Crippen MR) is 82.3 cm³/mol. The number of likely N-dealkylation sites (tertiary alicyclic amines) is 1. The Hall–Kier alpha value is -2.24. The van der Waals surface area contributed by atoms with E-state index in [0.717, 1.165) is 36.6 Å². The molecule has 3 rings (SSSR count). The fourth-order valence-corrected chi connectivity index (χ4v) is 3.05. The van der Waals surface area contributed by atoms with Crippen molar-refractivity contribution in [3.05, 3.63) is 41.7 Å². The van der Waals surface area contributed by atoms with Crippen LogP contribution in [0.2, 0.25) is 0 Å². The highest BCUT2D eigenvalue weighted by molar-refractivity contribution is 5.78. The molecule has 0 radical (unpaired) electrons. The van der Waals surface area contributed by atoms with Crippen LogP contribution in [0.15, 0.2) is 24.5 Å². The molecule has 0 saturated carbocycles. The Bertz CT molecular complexity index is 652. The van der Waals surface area contributed by atoms with Crippen molar-refractivity contribution in [3.63, 3.8) is 0 Å². The summed E-state index contributed by atoms with van der Waals surface area (Å²) in [4.78, 5) is 22.9. The highest BCUT2D eigenvalue weighted by atomic mass is 16.2. The van der Waals surface area contributed by atoms with Gasteiger partial charge in [-0.3, -0.25) is 9.78 Å². The van der Waals surface area contributed by atoms with Crippen molar-refractivity contribution >= 4 is 5.91 Å². The Morgan fingerprint density at radius 1 is 1.41 bits per heavy atom. The van der Waals surface area contributed by atoms with Gasteiger partial charge in [0.2, 0.25) is 5.91 Å². The largest absolute Gasteiger partial charge is 0.340 e. The maximum Gasteiger partial charge on any atom is 0.227 e. The van der Waals surface area contributed by atoms with E-state index in [9.17, 15) is 4.79 Å². The van der Waals surface area contributed by atoms with Crippen LogP contribution in [-0.4, -0.2) is 43.6 Å². The molecule has 1 saturated heterocycles. The van der Waals surface area contributed by atoms with E-state index in [0.29, 0.717) is 13.0 Å². The summed E-state index contributed by atoms with van der Waals surface area (Å²) >= 11 is 0. The SMILES string of the molecule is Cc1nc(C)n([C@H]2CCCN(C(=O)Cc3cccnc3)C2)n1. The molecule has 0 aliphatic carbocycles. The first-order valence-corrected chi connectivity index (χ1v) is 7.70. The summed E-state index contributed by atoms with van der Waals surface area (Å²) in [5.41, 5.74) is 0.961. The average molecular weight is 299 g/mol. The number of aromatic nitrogens is 4. The molecule has 0 aromatic carbocycles. The number of piperidine rings is 1. The number of carbonyl (C=O) groups is 1. The topological polar surface area (TPSA) is 63.9 Å². The molecule has 6 nitrogen and oxygen atoms in total. The minimum atomic E-state index is 0.159. The van der Waals surface area contributed by atoms with Gasteiger partial charge in [-0.25, -0.2) is 9.67 Å². The van der Waals surface area contributed by atoms with Crippen LogP contribution in [0.3, 0.4) is 0 Å². The molecule has 1 fully saturated rings. The van der Waals surface area contributed by atoms with E-state index in [-0.39, 0.29) is 11.9 Å². The maximum atomic E-state index is 12.5. The molecule has 0 unspecified atom stereocenters. The van der Waals surface area contributed by atoms with Crippen LogP contribution in [0.5, 0.6) is 0 Å². The van der Waals surface area contributed by atoms with Gasteiger partial charge in [-0.1, -0.05) is 6.07 Å². The van der Waals surface area contributed by atoms with Crippen LogP contribution in [0.25, 0.3) is 0 Å². The molecule has 1 aliphatic heterocycles. The molecule has 0 N–H and O–H groups in total. The summed E-state index contributed by atoms with van der Waals surface area (Å²) in [5, 5.41) is 4.47. The minimum absolute atomic E-state index is 0.159. The third-order valence-corrected chi connectivity index (χ3v) is 4.08. The molecular weight excluding hydrogens is 278 g/mol. The smallest absolute Gasteiger partial charge is 0.227 e. The van der Waals surface area contributed by atoms with Gasteiger partial charge in [-0.05, 0) is 38.3 Å². The number of pyridine rings is 1. The van der Waals surface area contributed by atoms with Gasteiger partial charge in [-0.2, -0.15) is 5.10 Å². The van der Waals surface area contributed by atoms with E-state index in [1.165, 1.54) is 0 Å². The average Bonchev–Trinajstić information content (AvgIpc) is 2.87. The number of aryl methyl sites for hydroxylation is 2. The lowest BCUT2D eigenvalue weighted by atomic mass is 10.0. The Morgan fingerprint density at radius 2 is 2.27 bits per heavy atom. The number of carbonyl (C=O) groups excluding carboxylic acids is 1. The summed E-state index contributed by atoms with van der Waals surface area (Å²) in [5.74, 6) is 1.87. The van der Waals surface area contributed by atoms with Gasteiger partial charge in [0.25, 0.3) is 0 Å². The van der Waals surface area contributed by atoms with Crippen LogP contribution >= 0.6 is 0 Å². The van der Waals surface area contributed by atoms with Gasteiger partial charge in [0, 0.05) is 25.5 Å². The predicted octanol–water partition coefficient (Wildman–Crippen LogP) is 1.70. The fourth-order valence-electron chi connectivity index (χ4n) is 3.05. The van der Waals surface area contributed by atoms with E-state index in [4.69, 9.17) is 0 Å². The Labute approximate surface area is 130 Å². The number of rotatable bonds is 3. The normalized spacial score (nSPS) is 18.5. The van der Waals surface area contributed by atoms with Crippen molar-refractivity contribution in [2.75, 3.05) is 13.1 Å². The quantitative estimate of drug-likeness (QED) is 0.865. The highest BCUT2D eigenvalue weighted by Gasteiger charge is 2.26. The van der Waals surface area contributed by atoms with Gasteiger partial charge in [0.05, 0.1) is 12.5 Å². The van der Waals surface area contributed by atoms with Gasteiger partial charge in [0.15, 0.2) is 0 Å². The second-order valence-electron chi connectivity index (χ2n) is 5.82. The first kappa shape index (κ1) is 14.7. The molecule has 0 spiro atoms. The zero-order chi connectivity index (χ0) is 15.5.